The molecule has 120 valence electrons. The van der Waals surface area contributed by atoms with Crippen molar-refractivity contribution in [3.63, 3.8) is 0 Å². The van der Waals surface area contributed by atoms with Crippen LogP contribution in [0.2, 0.25) is 0 Å². The van der Waals surface area contributed by atoms with Gasteiger partial charge in [-0.2, -0.15) is 0 Å². The quantitative estimate of drug-likeness (QED) is 0.939. The van der Waals surface area contributed by atoms with Crippen LogP contribution in [0.1, 0.15) is 26.3 Å². The first-order valence-corrected chi connectivity index (χ1v) is 8.51. The van der Waals surface area contributed by atoms with Crippen molar-refractivity contribution in [3.05, 3.63) is 29.1 Å². The molecule has 1 N–H and O–H groups in total. The molecule has 0 saturated carbocycles. The minimum Gasteiger partial charge on any atom is -0.312 e. The van der Waals surface area contributed by atoms with Gasteiger partial charge in [0.25, 0.3) is 0 Å². The first-order valence-electron chi connectivity index (χ1n) is 7.63. The molecule has 1 aliphatic heterocycles. The molecule has 0 unspecified atom stereocenters. The summed E-state index contributed by atoms with van der Waals surface area (Å²) >= 11 is 1.41. The molecule has 0 aliphatic carbocycles. The summed E-state index contributed by atoms with van der Waals surface area (Å²) in [5.41, 5.74) is 3.92. The summed E-state index contributed by atoms with van der Waals surface area (Å²) in [6.07, 6.45) is 0.891. The normalized spacial score (nSPS) is 13.3. The van der Waals surface area contributed by atoms with Crippen molar-refractivity contribution in [2.75, 3.05) is 16.8 Å². The molecule has 0 fully saturated rings. The fourth-order valence-corrected chi connectivity index (χ4v) is 3.30. The Hall–Kier alpha value is -2.21. The van der Waals surface area contributed by atoms with Gasteiger partial charge in [0.05, 0.1) is 5.69 Å². The number of anilines is 2. The van der Waals surface area contributed by atoms with Crippen molar-refractivity contribution in [3.8, 4) is 11.3 Å². The average molecular weight is 329 g/mol. The summed E-state index contributed by atoms with van der Waals surface area (Å²) in [5.74, 6) is -0.0573. The van der Waals surface area contributed by atoms with Crippen molar-refractivity contribution in [2.24, 2.45) is 5.92 Å². The molecule has 1 aliphatic rings. The van der Waals surface area contributed by atoms with E-state index in [4.69, 9.17) is 0 Å². The number of aromatic nitrogens is 1. The van der Waals surface area contributed by atoms with Crippen molar-refractivity contribution >= 4 is 34.0 Å². The van der Waals surface area contributed by atoms with Gasteiger partial charge in [0.1, 0.15) is 0 Å². The fourth-order valence-electron chi connectivity index (χ4n) is 2.58. The molecule has 1 aromatic carbocycles. The van der Waals surface area contributed by atoms with E-state index in [9.17, 15) is 9.59 Å². The highest BCUT2D eigenvalue weighted by Gasteiger charge is 2.22. The van der Waals surface area contributed by atoms with Crippen molar-refractivity contribution < 1.29 is 9.59 Å². The molecule has 6 heteroatoms. The lowest BCUT2D eigenvalue weighted by Crippen LogP contribution is -2.25. The zero-order valence-corrected chi connectivity index (χ0v) is 14.2. The third-order valence-corrected chi connectivity index (χ3v) is 4.67. The summed E-state index contributed by atoms with van der Waals surface area (Å²) in [4.78, 5) is 29.7. The highest BCUT2D eigenvalue weighted by Crippen LogP contribution is 2.34. The molecule has 0 bridgehead atoms. The van der Waals surface area contributed by atoms with Crippen LogP contribution in [0, 0.1) is 5.92 Å². The van der Waals surface area contributed by atoms with E-state index in [1.54, 1.807) is 11.8 Å². The molecule has 2 aromatic rings. The third-order valence-electron chi connectivity index (χ3n) is 3.92. The van der Waals surface area contributed by atoms with E-state index >= 15 is 0 Å². The minimum atomic E-state index is -0.0773. The van der Waals surface area contributed by atoms with E-state index in [-0.39, 0.29) is 17.7 Å². The Bertz CT molecular complexity index is 767. The lowest BCUT2D eigenvalue weighted by molar-refractivity contribution is -0.119. The summed E-state index contributed by atoms with van der Waals surface area (Å²) in [6.45, 7) is 6.02. The highest BCUT2D eigenvalue weighted by molar-refractivity contribution is 7.14. The summed E-state index contributed by atoms with van der Waals surface area (Å²) < 4.78 is 0. The lowest BCUT2D eigenvalue weighted by atomic mass is 10.1. The third kappa shape index (κ3) is 3.12. The Morgan fingerprint density at radius 1 is 1.35 bits per heavy atom. The van der Waals surface area contributed by atoms with Gasteiger partial charge in [-0.15, -0.1) is 11.3 Å². The standard InChI is InChI=1S/C17H19N3O2S/c1-10(2)16(22)19-17-18-14(9-23-17)13-5-4-12-6-7-20(11(3)21)15(12)8-13/h4-5,8-10H,6-7H2,1-3H3,(H,18,19,22). The van der Waals surface area contributed by atoms with Crippen LogP contribution in [0.25, 0.3) is 11.3 Å². The van der Waals surface area contributed by atoms with Crippen LogP contribution in [0.3, 0.4) is 0 Å². The first-order chi connectivity index (χ1) is 11.0. The van der Waals surface area contributed by atoms with Gasteiger partial charge >= 0.3 is 0 Å². The minimum absolute atomic E-state index is 0.0393. The predicted octanol–water partition coefficient (Wildman–Crippen LogP) is 3.31. The zero-order chi connectivity index (χ0) is 16.6. The van der Waals surface area contributed by atoms with Gasteiger partial charge in [-0.3, -0.25) is 9.59 Å². The Morgan fingerprint density at radius 3 is 2.83 bits per heavy atom. The number of carbonyl (C=O) groups excluding carboxylic acids is 2. The number of nitrogens with zero attached hydrogens (tertiary/aromatic N) is 2. The zero-order valence-electron chi connectivity index (χ0n) is 13.4. The Labute approximate surface area is 139 Å². The number of benzene rings is 1. The predicted molar refractivity (Wildman–Crippen MR) is 92.7 cm³/mol. The molecule has 0 radical (unpaired) electrons. The molecule has 3 rings (SSSR count). The van der Waals surface area contributed by atoms with Gasteiger partial charge in [-0.1, -0.05) is 26.0 Å². The number of nitrogens with one attached hydrogen (secondary N) is 1. The molecular weight excluding hydrogens is 310 g/mol. The average Bonchev–Trinajstić information content (AvgIpc) is 3.12. The maximum atomic E-state index is 11.7. The van der Waals surface area contributed by atoms with Crippen molar-refractivity contribution in [1.29, 1.82) is 0 Å². The largest absolute Gasteiger partial charge is 0.312 e. The van der Waals surface area contributed by atoms with Crippen LogP contribution in [0.5, 0.6) is 0 Å². The van der Waals surface area contributed by atoms with E-state index in [0.717, 1.165) is 29.9 Å². The second-order valence-corrected chi connectivity index (χ2v) is 6.80. The van der Waals surface area contributed by atoms with Crippen LogP contribution in [0.4, 0.5) is 10.8 Å². The number of thiazole rings is 1. The maximum Gasteiger partial charge on any atom is 0.228 e. The highest BCUT2D eigenvalue weighted by atomic mass is 32.1. The number of fused-ring (bicyclic) bond motifs is 1. The van der Waals surface area contributed by atoms with E-state index in [1.165, 1.54) is 16.9 Å². The summed E-state index contributed by atoms with van der Waals surface area (Å²) in [6, 6.07) is 6.08. The number of hydrogen-bond donors (Lipinski definition) is 1. The maximum absolute atomic E-state index is 11.7. The molecule has 1 aromatic heterocycles. The Kier molecular flexibility index (Phi) is 4.17. The van der Waals surface area contributed by atoms with Gasteiger partial charge in [-0.05, 0) is 18.1 Å². The van der Waals surface area contributed by atoms with E-state index < -0.39 is 0 Å². The number of hydrogen-bond acceptors (Lipinski definition) is 4. The second kappa shape index (κ2) is 6.12. The molecule has 0 saturated heterocycles. The second-order valence-electron chi connectivity index (χ2n) is 5.95. The summed E-state index contributed by atoms with van der Waals surface area (Å²) in [5, 5.41) is 5.34. The summed E-state index contributed by atoms with van der Waals surface area (Å²) in [7, 11) is 0. The lowest BCUT2D eigenvalue weighted by Gasteiger charge is -2.15. The van der Waals surface area contributed by atoms with Crippen molar-refractivity contribution in [1.82, 2.24) is 4.98 Å². The Balaban J connectivity index is 1.86. The van der Waals surface area contributed by atoms with Crippen LogP contribution in [-0.2, 0) is 16.0 Å². The molecule has 5 nitrogen and oxygen atoms in total. The first kappa shape index (κ1) is 15.7. The van der Waals surface area contributed by atoms with E-state index in [0.29, 0.717) is 5.13 Å². The van der Waals surface area contributed by atoms with E-state index in [2.05, 4.69) is 16.4 Å². The van der Waals surface area contributed by atoms with Crippen LogP contribution in [0.15, 0.2) is 23.6 Å². The Morgan fingerprint density at radius 2 is 2.13 bits per heavy atom. The molecule has 23 heavy (non-hydrogen) atoms. The van der Waals surface area contributed by atoms with Crippen LogP contribution < -0.4 is 10.2 Å². The molecule has 0 spiro atoms. The van der Waals surface area contributed by atoms with Crippen LogP contribution >= 0.6 is 11.3 Å². The topological polar surface area (TPSA) is 62.3 Å². The van der Waals surface area contributed by atoms with E-state index in [1.807, 2.05) is 31.4 Å². The molecule has 2 heterocycles. The van der Waals surface area contributed by atoms with Crippen LogP contribution in [-0.4, -0.2) is 23.3 Å². The molecule has 2 amide bonds. The monoisotopic (exact) mass is 329 g/mol. The van der Waals surface area contributed by atoms with Gasteiger partial charge < -0.3 is 10.2 Å². The van der Waals surface area contributed by atoms with Gasteiger partial charge in [-0.25, -0.2) is 4.98 Å². The van der Waals surface area contributed by atoms with Crippen molar-refractivity contribution in [2.45, 2.75) is 27.2 Å². The smallest absolute Gasteiger partial charge is 0.228 e. The number of rotatable bonds is 3. The van der Waals surface area contributed by atoms with Gasteiger partial charge in [0, 0.05) is 36.0 Å². The molecular formula is C17H19N3O2S. The number of amides is 2. The SMILES string of the molecule is CC(=O)N1CCc2ccc(-c3csc(NC(=O)C(C)C)n3)cc21. The molecule has 0 atom stereocenters. The fraction of sp³-hybridized carbons (Fsp3) is 0.353. The van der Waals surface area contributed by atoms with Gasteiger partial charge in [0.15, 0.2) is 5.13 Å². The van der Waals surface area contributed by atoms with Gasteiger partial charge in [0.2, 0.25) is 11.8 Å². The number of carbonyl (C=O) groups is 2.